The Morgan fingerprint density at radius 1 is 1.15 bits per heavy atom. The average Bonchev–Trinajstić information content (AvgIpc) is 3.28. The van der Waals surface area contributed by atoms with Crippen LogP contribution in [-0.4, -0.2) is 65.3 Å². The summed E-state index contributed by atoms with van der Waals surface area (Å²) in [4.78, 5) is 19.5. The van der Waals surface area contributed by atoms with Crippen LogP contribution in [0.2, 0.25) is 0 Å². The van der Waals surface area contributed by atoms with Crippen LogP contribution in [0.4, 0.5) is 10.2 Å². The van der Waals surface area contributed by atoms with Crippen molar-refractivity contribution in [2.75, 3.05) is 39.0 Å². The van der Waals surface area contributed by atoms with Crippen LogP contribution in [0.1, 0.15) is 45.9 Å². The first-order valence-corrected chi connectivity index (χ1v) is 13.3. The van der Waals surface area contributed by atoms with E-state index in [1.165, 1.54) is 13.2 Å². The molecule has 6 rings (SSSR count). The second-order valence-corrected chi connectivity index (χ2v) is 10.4. The Morgan fingerprint density at radius 2 is 1.88 bits per heavy atom. The molecule has 2 aliphatic rings. The van der Waals surface area contributed by atoms with E-state index in [0.717, 1.165) is 78.5 Å². The van der Waals surface area contributed by atoms with Gasteiger partial charge < -0.3 is 21.5 Å². The fraction of sp³-hybridized carbons (Fsp3) is 0.345. The quantitative estimate of drug-likeness (QED) is 0.269. The number of anilines is 1. The van der Waals surface area contributed by atoms with Gasteiger partial charge in [0.05, 0.1) is 29.3 Å². The van der Waals surface area contributed by atoms with Crippen molar-refractivity contribution in [3.63, 3.8) is 0 Å². The van der Waals surface area contributed by atoms with Gasteiger partial charge in [-0.25, -0.2) is 4.39 Å². The summed E-state index contributed by atoms with van der Waals surface area (Å²) in [6.07, 6.45) is 2.51. The minimum absolute atomic E-state index is 0. The van der Waals surface area contributed by atoms with Crippen LogP contribution in [-0.2, 0) is 6.42 Å². The van der Waals surface area contributed by atoms with Crippen molar-refractivity contribution in [2.24, 2.45) is 5.73 Å². The monoisotopic (exact) mass is 565 g/mol. The number of primary amides is 1. The Balaban J connectivity index is 0.00000323. The van der Waals surface area contributed by atoms with E-state index in [2.05, 4.69) is 26.5 Å². The molecule has 2 aromatic heterocycles. The van der Waals surface area contributed by atoms with Crippen LogP contribution in [0.3, 0.4) is 0 Å². The zero-order valence-electron chi connectivity index (χ0n) is 22.2. The number of pyridine rings is 1. The predicted molar refractivity (Wildman–Crippen MR) is 155 cm³/mol. The number of amides is 1. The van der Waals surface area contributed by atoms with Gasteiger partial charge in [-0.2, -0.15) is 5.10 Å². The van der Waals surface area contributed by atoms with E-state index in [1.54, 1.807) is 0 Å². The Hall–Kier alpha value is -3.73. The molecule has 0 aliphatic carbocycles. The topological polar surface area (TPSA) is 135 Å². The summed E-state index contributed by atoms with van der Waals surface area (Å²) in [5.74, 6) is -0.193. The fourth-order valence-electron chi connectivity index (χ4n) is 5.80. The molecule has 11 heteroatoms. The molecule has 4 heterocycles. The molecule has 4 aromatic rings. The number of aromatic nitrogens is 3. The molecule has 2 aromatic carbocycles. The number of aromatic amines is 1. The van der Waals surface area contributed by atoms with Crippen LogP contribution in [0, 0.1) is 5.82 Å². The van der Waals surface area contributed by atoms with Gasteiger partial charge in [0.15, 0.2) is 5.82 Å². The molecule has 0 radical (unpaired) electrons. The zero-order chi connectivity index (χ0) is 27.1. The maximum Gasteiger partial charge on any atom is 0.252 e. The van der Waals surface area contributed by atoms with E-state index >= 15 is 0 Å². The lowest BCUT2D eigenvalue weighted by Gasteiger charge is -2.42. The lowest BCUT2D eigenvalue weighted by atomic mass is 9.90. The molecule has 40 heavy (non-hydrogen) atoms. The Kier molecular flexibility index (Phi) is 7.93. The van der Waals surface area contributed by atoms with Gasteiger partial charge in [-0.15, -0.1) is 12.4 Å². The first-order valence-electron chi connectivity index (χ1n) is 13.3. The maximum atomic E-state index is 14.2. The second-order valence-electron chi connectivity index (χ2n) is 10.4. The predicted octanol–water partition coefficient (Wildman–Crippen LogP) is 3.62. The highest BCUT2D eigenvalue weighted by Gasteiger charge is 2.30. The summed E-state index contributed by atoms with van der Waals surface area (Å²) >= 11 is 0. The van der Waals surface area contributed by atoms with Crippen LogP contribution >= 0.6 is 12.4 Å². The van der Waals surface area contributed by atoms with Crippen molar-refractivity contribution >= 4 is 35.0 Å². The smallest absolute Gasteiger partial charge is 0.252 e. The van der Waals surface area contributed by atoms with Gasteiger partial charge in [-0.1, -0.05) is 24.3 Å². The standard InChI is InChI=1S/C29H32FN7O2.ClH/c1-39-27-19(11-20(30)12-22(27)29(32)38)10-16-2-4-18(5-3-16)26-25-24(35-36-28(25)31)13-23(34-26)17-6-8-37(9-7-17)21-14-33-15-21;/h2-5,11-13,17,21,33H,6-10,14-15H2,1H3,(H2,32,38)(H3,31,35,36);1H. The third-order valence-electron chi connectivity index (χ3n) is 8.04. The van der Waals surface area contributed by atoms with Gasteiger partial charge in [-0.05, 0) is 49.7 Å². The maximum absolute atomic E-state index is 14.2. The number of piperidine rings is 1. The first-order chi connectivity index (χ1) is 18.9. The van der Waals surface area contributed by atoms with Gasteiger partial charge in [0, 0.05) is 48.3 Å². The SMILES string of the molecule is COc1c(Cc2ccc(-c3nc(C4CCN(C5CNC5)CC4)cc4[nH]nc(N)c34)cc2)cc(F)cc1C(N)=O.Cl. The number of fused-ring (bicyclic) bond motifs is 1. The number of benzene rings is 2. The summed E-state index contributed by atoms with van der Waals surface area (Å²) in [6.45, 7) is 4.32. The van der Waals surface area contributed by atoms with E-state index in [0.29, 0.717) is 29.8 Å². The van der Waals surface area contributed by atoms with Crippen molar-refractivity contribution in [1.82, 2.24) is 25.4 Å². The highest BCUT2D eigenvalue weighted by Crippen LogP contribution is 2.36. The average molecular weight is 566 g/mol. The van der Waals surface area contributed by atoms with Crippen LogP contribution < -0.4 is 21.5 Å². The molecule has 1 amide bonds. The minimum atomic E-state index is -0.735. The number of methoxy groups -OCH3 is 1. The zero-order valence-corrected chi connectivity index (χ0v) is 23.1. The van der Waals surface area contributed by atoms with Gasteiger partial charge in [0.25, 0.3) is 5.91 Å². The molecule has 0 bridgehead atoms. The number of nitrogens with zero attached hydrogens (tertiary/aromatic N) is 3. The van der Waals surface area contributed by atoms with E-state index in [-0.39, 0.29) is 23.7 Å². The van der Waals surface area contributed by atoms with Crippen molar-refractivity contribution in [1.29, 1.82) is 0 Å². The van der Waals surface area contributed by atoms with Crippen LogP contribution in [0.5, 0.6) is 5.75 Å². The summed E-state index contributed by atoms with van der Waals surface area (Å²) in [6, 6.07) is 13.1. The molecular weight excluding hydrogens is 533 g/mol. The molecule has 2 saturated heterocycles. The fourth-order valence-corrected chi connectivity index (χ4v) is 5.80. The molecule has 2 fully saturated rings. The summed E-state index contributed by atoms with van der Waals surface area (Å²) < 4.78 is 19.6. The van der Waals surface area contributed by atoms with Gasteiger partial charge in [-0.3, -0.25) is 19.8 Å². The number of carbonyl (C=O) groups is 1. The third kappa shape index (κ3) is 5.22. The normalized spacial score (nSPS) is 16.4. The minimum Gasteiger partial charge on any atom is -0.496 e. The number of rotatable bonds is 7. The second kappa shape index (κ2) is 11.4. The van der Waals surface area contributed by atoms with Gasteiger partial charge in [0.2, 0.25) is 0 Å². The Bertz CT molecular complexity index is 1530. The number of hydrogen-bond acceptors (Lipinski definition) is 7. The summed E-state index contributed by atoms with van der Waals surface area (Å²) in [5.41, 5.74) is 16.8. The number of H-pyrrole nitrogens is 1. The lowest BCUT2D eigenvalue weighted by Crippen LogP contribution is -2.58. The Morgan fingerprint density at radius 3 is 2.50 bits per heavy atom. The molecule has 6 N–H and O–H groups in total. The number of nitrogen functional groups attached to an aromatic ring is 1. The highest BCUT2D eigenvalue weighted by atomic mass is 35.5. The first kappa shape index (κ1) is 27.8. The number of nitrogens with one attached hydrogen (secondary N) is 2. The molecule has 210 valence electrons. The van der Waals surface area contributed by atoms with Crippen molar-refractivity contribution in [3.05, 3.63) is 70.7 Å². The molecule has 0 unspecified atom stereocenters. The lowest BCUT2D eigenvalue weighted by molar-refractivity contribution is 0.0996. The molecule has 0 spiro atoms. The summed E-state index contributed by atoms with van der Waals surface area (Å²) in [5, 5.41) is 11.5. The number of hydrogen-bond donors (Lipinski definition) is 4. The van der Waals surface area contributed by atoms with Crippen molar-refractivity contribution in [3.8, 4) is 17.0 Å². The van der Waals surface area contributed by atoms with E-state index in [4.69, 9.17) is 21.2 Å². The van der Waals surface area contributed by atoms with Gasteiger partial charge >= 0.3 is 0 Å². The van der Waals surface area contributed by atoms with Crippen LogP contribution in [0.25, 0.3) is 22.2 Å². The van der Waals surface area contributed by atoms with Crippen molar-refractivity contribution in [2.45, 2.75) is 31.2 Å². The van der Waals surface area contributed by atoms with Crippen molar-refractivity contribution < 1.29 is 13.9 Å². The number of ether oxygens (including phenoxy) is 1. The molecule has 2 aliphatic heterocycles. The van der Waals surface area contributed by atoms with E-state index in [9.17, 15) is 9.18 Å². The molecule has 9 nitrogen and oxygen atoms in total. The Labute approximate surface area is 237 Å². The number of nitrogens with two attached hydrogens (primary N) is 2. The number of halogens is 2. The molecular formula is C29H33ClFN7O2. The molecule has 0 atom stereocenters. The number of likely N-dealkylation sites (tertiary alicyclic amines) is 1. The van der Waals surface area contributed by atoms with Crippen LogP contribution in [0.15, 0.2) is 42.5 Å². The van der Waals surface area contributed by atoms with E-state index < -0.39 is 11.7 Å². The molecule has 0 saturated carbocycles. The summed E-state index contributed by atoms with van der Waals surface area (Å²) in [7, 11) is 1.44. The largest absolute Gasteiger partial charge is 0.496 e. The van der Waals surface area contributed by atoms with E-state index in [1.807, 2.05) is 24.3 Å². The number of carbonyl (C=O) groups excluding carboxylic acids is 1. The highest BCUT2D eigenvalue weighted by molar-refractivity contribution is 6.00. The van der Waals surface area contributed by atoms with Gasteiger partial charge in [0.1, 0.15) is 11.6 Å². The third-order valence-corrected chi connectivity index (χ3v) is 8.04.